The van der Waals surface area contributed by atoms with Crippen molar-refractivity contribution in [3.63, 3.8) is 0 Å². The van der Waals surface area contributed by atoms with Crippen LogP contribution in [0.4, 0.5) is 30.2 Å². The number of rotatable bonds is 6. The lowest BCUT2D eigenvalue weighted by Gasteiger charge is -2.31. The van der Waals surface area contributed by atoms with Crippen molar-refractivity contribution in [2.45, 2.75) is 28.8 Å². The lowest BCUT2D eigenvalue weighted by molar-refractivity contribution is -0.137. The van der Waals surface area contributed by atoms with Crippen LogP contribution in [-0.2, 0) is 26.3 Å². The second-order valence-corrected chi connectivity index (χ2v) is 12.3. The molecule has 1 aliphatic rings. The van der Waals surface area contributed by atoms with E-state index in [2.05, 4.69) is 10.2 Å². The van der Waals surface area contributed by atoms with Crippen LogP contribution >= 0.6 is 0 Å². The van der Waals surface area contributed by atoms with Crippen molar-refractivity contribution in [1.29, 1.82) is 0 Å². The number of hydrogen-bond donors (Lipinski definition) is 4. The Balaban J connectivity index is 1.88. The average molecular weight is 589 g/mol. The zero-order chi connectivity index (χ0) is 28.8. The number of nitrogen functional groups attached to an aromatic ring is 1. The highest BCUT2D eigenvalue weighted by molar-refractivity contribution is 7.89. The third-order valence-corrected chi connectivity index (χ3v) is 9.02. The van der Waals surface area contributed by atoms with Gasteiger partial charge in [0.15, 0.2) is 0 Å². The minimum absolute atomic E-state index is 0.0311. The van der Waals surface area contributed by atoms with Crippen LogP contribution in [0.5, 0.6) is 5.75 Å². The van der Waals surface area contributed by atoms with Gasteiger partial charge in [0.1, 0.15) is 22.0 Å². The van der Waals surface area contributed by atoms with Crippen LogP contribution in [0.15, 0.2) is 62.5 Å². The summed E-state index contributed by atoms with van der Waals surface area (Å²) in [4.78, 5) is -1.19. The van der Waals surface area contributed by atoms with E-state index < -0.39 is 53.1 Å². The lowest BCUT2D eigenvalue weighted by Crippen LogP contribution is -2.40. The summed E-state index contributed by atoms with van der Waals surface area (Å²) in [6.07, 6.45) is -3.80. The Morgan fingerprint density at radius 2 is 1.77 bits per heavy atom. The summed E-state index contributed by atoms with van der Waals surface area (Å²) in [6, 6.07) is 6.21. The molecular formula is C23H23F3N4O7S2. The summed E-state index contributed by atoms with van der Waals surface area (Å²) in [6.45, 7) is -0.192. The zero-order valence-electron chi connectivity index (χ0n) is 20.0. The number of nitrogens with two attached hydrogens (primary N) is 1. The van der Waals surface area contributed by atoms with E-state index in [1.807, 2.05) is 0 Å². The molecule has 0 radical (unpaired) electrons. The van der Waals surface area contributed by atoms with E-state index in [0.717, 1.165) is 22.5 Å². The van der Waals surface area contributed by atoms with E-state index in [9.17, 15) is 44.8 Å². The van der Waals surface area contributed by atoms with Crippen LogP contribution < -0.4 is 5.73 Å². The summed E-state index contributed by atoms with van der Waals surface area (Å²) in [7, 11) is -9.05. The van der Waals surface area contributed by atoms with Crippen LogP contribution in [0.1, 0.15) is 18.4 Å². The molecule has 1 saturated heterocycles. The fourth-order valence-electron chi connectivity index (χ4n) is 4.30. The van der Waals surface area contributed by atoms with Gasteiger partial charge in [0.25, 0.3) is 10.1 Å². The molecule has 3 aromatic carbocycles. The van der Waals surface area contributed by atoms with Crippen molar-refractivity contribution in [2.24, 2.45) is 16.1 Å². The molecule has 0 amide bonds. The topological polar surface area (TPSA) is 183 Å². The molecule has 5 N–H and O–H groups in total. The van der Waals surface area contributed by atoms with Gasteiger partial charge in [0.05, 0.1) is 21.5 Å². The molecule has 3 aromatic rings. The van der Waals surface area contributed by atoms with Gasteiger partial charge in [-0.3, -0.25) is 4.55 Å². The summed E-state index contributed by atoms with van der Waals surface area (Å²) in [5.74, 6) is -1.01. The summed E-state index contributed by atoms with van der Waals surface area (Å²) in [5.41, 5.74) is 3.73. The number of nitrogens with zero attached hydrogens (tertiary/aromatic N) is 3. The maximum Gasteiger partial charge on any atom is 0.416 e. The monoisotopic (exact) mass is 588 g/mol. The summed E-state index contributed by atoms with van der Waals surface area (Å²) in [5, 5.41) is 27.5. The van der Waals surface area contributed by atoms with Gasteiger partial charge < -0.3 is 15.9 Å². The quantitative estimate of drug-likeness (QED) is 0.188. The molecule has 0 aromatic heterocycles. The molecule has 16 heteroatoms. The number of aromatic hydroxyl groups is 1. The number of benzene rings is 3. The molecule has 1 atom stereocenters. The Bertz CT molecular complexity index is 1680. The number of hydrogen-bond acceptors (Lipinski definition) is 9. The number of halogens is 3. The Labute approximate surface area is 221 Å². The van der Waals surface area contributed by atoms with E-state index >= 15 is 0 Å². The molecule has 39 heavy (non-hydrogen) atoms. The Kier molecular flexibility index (Phi) is 7.61. The van der Waals surface area contributed by atoms with Gasteiger partial charge in [-0.2, -0.15) is 25.9 Å². The normalized spacial score (nSPS) is 17.7. The third-order valence-electron chi connectivity index (χ3n) is 6.27. The second kappa shape index (κ2) is 10.3. The molecule has 1 heterocycles. The van der Waals surface area contributed by atoms with Crippen molar-refractivity contribution in [2.75, 3.05) is 25.4 Å². The first-order chi connectivity index (χ1) is 18.1. The number of azo groups is 1. The van der Waals surface area contributed by atoms with Crippen LogP contribution in [0, 0.1) is 5.92 Å². The average Bonchev–Trinajstić information content (AvgIpc) is 2.87. The van der Waals surface area contributed by atoms with Crippen LogP contribution in [0.3, 0.4) is 0 Å². The molecule has 1 fully saturated rings. The predicted molar refractivity (Wildman–Crippen MR) is 134 cm³/mol. The second-order valence-electron chi connectivity index (χ2n) is 8.95. The van der Waals surface area contributed by atoms with E-state index in [1.54, 1.807) is 0 Å². The molecule has 0 spiro atoms. The number of phenols is 1. The van der Waals surface area contributed by atoms with Crippen LogP contribution in [-0.4, -0.2) is 55.6 Å². The fourth-order valence-corrected chi connectivity index (χ4v) is 6.49. The highest BCUT2D eigenvalue weighted by Crippen LogP contribution is 2.42. The fraction of sp³-hybridized carbons (Fsp3) is 0.304. The van der Waals surface area contributed by atoms with Crippen molar-refractivity contribution < 1.29 is 44.8 Å². The number of phenolic OH excluding ortho intramolecular Hbond substituents is 1. The van der Waals surface area contributed by atoms with Crippen molar-refractivity contribution in [3.05, 3.63) is 48.0 Å². The molecule has 0 bridgehead atoms. The molecular weight excluding hydrogens is 565 g/mol. The lowest BCUT2D eigenvalue weighted by atomic mass is 10.0. The zero-order valence-corrected chi connectivity index (χ0v) is 21.6. The maximum atomic E-state index is 13.5. The van der Waals surface area contributed by atoms with Gasteiger partial charge in [-0.1, -0.05) is 6.07 Å². The first-order valence-corrected chi connectivity index (χ1v) is 14.3. The largest absolute Gasteiger partial charge is 0.507 e. The molecule has 1 unspecified atom stereocenters. The predicted octanol–water partition coefficient (Wildman–Crippen LogP) is 4.20. The summed E-state index contributed by atoms with van der Waals surface area (Å²) >= 11 is 0. The Hall–Kier alpha value is -3.31. The van der Waals surface area contributed by atoms with E-state index in [-0.39, 0.29) is 47.8 Å². The number of fused-ring (bicyclic) bond motifs is 1. The van der Waals surface area contributed by atoms with Gasteiger partial charge in [0.2, 0.25) is 10.0 Å². The number of anilines is 1. The highest BCUT2D eigenvalue weighted by Gasteiger charge is 2.35. The number of aliphatic hydroxyl groups is 1. The number of sulfonamides is 1. The van der Waals surface area contributed by atoms with Crippen LogP contribution in [0.25, 0.3) is 10.8 Å². The number of alkyl halides is 3. The first-order valence-electron chi connectivity index (χ1n) is 11.4. The molecule has 4 rings (SSSR count). The van der Waals surface area contributed by atoms with Gasteiger partial charge in [-0.25, -0.2) is 8.42 Å². The number of aliphatic hydroxyl groups excluding tert-OH is 1. The number of piperidine rings is 1. The van der Waals surface area contributed by atoms with Crippen molar-refractivity contribution in [1.82, 2.24) is 4.31 Å². The minimum Gasteiger partial charge on any atom is -0.507 e. The molecule has 0 aliphatic carbocycles. The molecule has 11 nitrogen and oxygen atoms in total. The van der Waals surface area contributed by atoms with Crippen molar-refractivity contribution in [3.8, 4) is 5.75 Å². The first kappa shape index (κ1) is 28.7. The molecule has 0 saturated carbocycles. The van der Waals surface area contributed by atoms with E-state index in [1.165, 1.54) is 12.1 Å². The van der Waals surface area contributed by atoms with Gasteiger partial charge >= 0.3 is 6.18 Å². The van der Waals surface area contributed by atoms with Gasteiger partial charge in [0, 0.05) is 25.8 Å². The summed E-state index contributed by atoms with van der Waals surface area (Å²) < 4.78 is 101. The van der Waals surface area contributed by atoms with Gasteiger partial charge in [-0.15, -0.1) is 10.2 Å². The minimum atomic E-state index is -4.83. The van der Waals surface area contributed by atoms with Gasteiger partial charge in [-0.05, 0) is 54.5 Å². The Morgan fingerprint density at radius 1 is 1.05 bits per heavy atom. The standard InChI is InChI=1S/C23H23F3N4O7S2/c24-23(25,26)15-4-6-20(38(33,34)30-7-1-2-13(11-30)12-31)18(9-15)28-29-22-17(27)5-3-14-8-16(39(35,36)37)10-19(32)21(14)22/h3-6,8-10,13,31-32H,1-2,7,11-12,27H2,(H,35,36,37). The van der Waals surface area contributed by atoms with E-state index in [0.29, 0.717) is 25.0 Å². The Morgan fingerprint density at radius 3 is 2.41 bits per heavy atom. The maximum absolute atomic E-state index is 13.5. The third kappa shape index (κ3) is 5.84. The van der Waals surface area contributed by atoms with Crippen LogP contribution in [0.2, 0.25) is 0 Å². The van der Waals surface area contributed by atoms with E-state index in [4.69, 9.17) is 5.73 Å². The molecule has 210 valence electrons. The smallest absolute Gasteiger partial charge is 0.416 e. The SMILES string of the molecule is Nc1ccc2cc(S(=O)(=O)O)cc(O)c2c1N=Nc1cc(C(F)(F)F)ccc1S(=O)(=O)N1CCCC(CO)C1. The molecule has 1 aliphatic heterocycles. The van der Waals surface area contributed by atoms with Crippen molar-refractivity contribution >= 4 is 48.0 Å². The highest BCUT2D eigenvalue weighted by atomic mass is 32.2.